The molecule has 1 aromatic rings. The molecule has 1 nitrogen and oxygen atoms in total. The minimum absolute atomic E-state index is 0.165. The summed E-state index contributed by atoms with van der Waals surface area (Å²) >= 11 is 3.35. The van der Waals surface area contributed by atoms with Crippen molar-refractivity contribution >= 4 is 15.9 Å². The third-order valence-electron chi connectivity index (χ3n) is 3.47. The average Bonchev–Trinajstić information content (AvgIpc) is 2.36. The summed E-state index contributed by atoms with van der Waals surface area (Å²) in [6, 6.07) is 5.58. The molecule has 0 aliphatic heterocycles. The van der Waals surface area contributed by atoms with E-state index >= 15 is 0 Å². The second kappa shape index (κ2) is 9.49. The predicted octanol–water partition coefficient (Wildman–Crippen LogP) is 5.08. The van der Waals surface area contributed by atoms with Crippen molar-refractivity contribution in [1.29, 1.82) is 0 Å². The normalized spacial score (nSPS) is 12.6. The smallest absolute Gasteiger partial charge is 0.124 e. The summed E-state index contributed by atoms with van der Waals surface area (Å²) < 4.78 is 14.1. The maximum absolute atomic E-state index is 13.3. The van der Waals surface area contributed by atoms with Crippen LogP contribution in [0.2, 0.25) is 0 Å². The highest BCUT2D eigenvalue weighted by Crippen LogP contribution is 2.17. The van der Waals surface area contributed by atoms with E-state index in [0.29, 0.717) is 6.04 Å². The van der Waals surface area contributed by atoms with Crippen LogP contribution in [0.3, 0.4) is 0 Å². The lowest BCUT2D eigenvalue weighted by molar-refractivity contribution is 0.481. The van der Waals surface area contributed by atoms with Gasteiger partial charge in [-0.15, -0.1) is 0 Å². The van der Waals surface area contributed by atoms with E-state index in [-0.39, 0.29) is 5.82 Å². The van der Waals surface area contributed by atoms with Gasteiger partial charge in [0.15, 0.2) is 0 Å². The Kier molecular flexibility index (Phi) is 8.31. The zero-order valence-electron chi connectivity index (χ0n) is 12.0. The fraction of sp³-hybridized carbons (Fsp3) is 0.625. The Morgan fingerprint density at radius 1 is 1.16 bits per heavy atom. The van der Waals surface area contributed by atoms with E-state index in [1.54, 1.807) is 6.07 Å². The van der Waals surface area contributed by atoms with Crippen molar-refractivity contribution in [1.82, 2.24) is 5.32 Å². The molecule has 0 aliphatic carbocycles. The first-order valence-electron chi connectivity index (χ1n) is 7.28. The highest BCUT2D eigenvalue weighted by atomic mass is 79.9. The molecule has 1 unspecified atom stereocenters. The molecule has 0 aromatic heterocycles. The van der Waals surface area contributed by atoms with E-state index in [2.05, 4.69) is 28.2 Å². The number of nitrogens with one attached hydrogen (secondary N) is 1. The first kappa shape index (κ1) is 16.6. The van der Waals surface area contributed by atoms with Crippen molar-refractivity contribution in [3.63, 3.8) is 0 Å². The van der Waals surface area contributed by atoms with E-state index in [0.717, 1.165) is 22.9 Å². The quantitative estimate of drug-likeness (QED) is 0.623. The molecule has 0 bridgehead atoms. The minimum Gasteiger partial charge on any atom is -0.317 e. The summed E-state index contributed by atoms with van der Waals surface area (Å²) in [5.41, 5.74) is 1.06. The summed E-state index contributed by atoms with van der Waals surface area (Å²) in [6.07, 6.45) is 8.56. The Bertz CT molecular complexity index is 348. The van der Waals surface area contributed by atoms with Crippen molar-refractivity contribution < 1.29 is 4.39 Å². The van der Waals surface area contributed by atoms with Gasteiger partial charge in [0.25, 0.3) is 0 Å². The van der Waals surface area contributed by atoms with Gasteiger partial charge >= 0.3 is 0 Å². The molecule has 0 fully saturated rings. The van der Waals surface area contributed by atoms with Gasteiger partial charge in [0, 0.05) is 10.5 Å². The summed E-state index contributed by atoms with van der Waals surface area (Å²) in [4.78, 5) is 0. The molecule has 1 rings (SSSR count). The monoisotopic (exact) mass is 329 g/mol. The molecule has 0 amide bonds. The fourth-order valence-electron chi connectivity index (χ4n) is 2.36. The van der Waals surface area contributed by atoms with Crippen LogP contribution in [0.4, 0.5) is 4.39 Å². The molecular formula is C16H25BrFN. The van der Waals surface area contributed by atoms with Crippen molar-refractivity contribution in [3.8, 4) is 0 Å². The van der Waals surface area contributed by atoms with Crippen LogP contribution in [0.1, 0.15) is 51.0 Å². The van der Waals surface area contributed by atoms with Crippen molar-refractivity contribution in [2.75, 3.05) is 7.05 Å². The first-order valence-corrected chi connectivity index (χ1v) is 8.07. The molecule has 108 valence electrons. The van der Waals surface area contributed by atoms with Crippen LogP contribution in [-0.2, 0) is 6.42 Å². The van der Waals surface area contributed by atoms with Crippen LogP contribution in [0, 0.1) is 5.82 Å². The summed E-state index contributed by atoms with van der Waals surface area (Å²) in [6.45, 7) is 2.23. The highest BCUT2D eigenvalue weighted by Gasteiger charge is 2.08. The van der Waals surface area contributed by atoms with Crippen LogP contribution in [0.25, 0.3) is 0 Å². The first-order chi connectivity index (χ1) is 9.15. The molecule has 1 atom stereocenters. The molecule has 0 aliphatic rings. The number of unbranched alkanes of at least 4 members (excludes halogenated alkanes) is 4. The molecule has 0 saturated carbocycles. The van der Waals surface area contributed by atoms with Crippen LogP contribution in [0.5, 0.6) is 0 Å². The summed E-state index contributed by atoms with van der Waals surface area (Å²) in [5.74, 6) is -0.165. The maximum atomic E-state index is 13.3. The van der Waals surface area contributed by atoms with E-state index < -0.39 is 0 Å². The van der Waals surface area contributed by atoms with E-state index in [4.69, 9.17) is 0 Å². The van der Waals surface area contributed by atoms with Crippen LogP contribution in [-0.4, -0.2) is 13.1 Å². The van der Waals surface area contributed by atoms with Gasteiger partial charge in [-0.05, 0) is 43.7 Å². The molecule has 0 radical (unpaired) electrons. The topological polar surface area (TPSA) is 12.0 Å². The standard InChI is InChI=1S/C16H25BrFN/c1-3-4-5-6-7-8-16(19-2)11-13-9-14(17)12-15(18)10-13/h9-10,12,16,19H,3-8,11H2,1-2H3. The van der Waals surface area contributed by atoms with Gasteiger partial charge in [-0.3, -0.25) is 0 Å². The third kappa shape index (κ3) is 7.07. The van der Waals surface area contributed by atoms with Crippen molar-refractivity contribution in [2.45, 2.75) is 57.9 Å². The zero-order valence-corrected chi connectivity index (χ0v) is 13.6. The molecule has 0 spiro atoms. The lowest BCUT2D eigenvalue weighted by atomic mass is 10.00. The minimum atomic E-state index is -0.165. The molecule has 1 N–H and O–H groups in total. The second-order valence-corrected chi connectivity index (χ2v) is 6.09. The number of hydrogen-bond acceptors (Lipinski definition) is 1. The molecular weight excluding hydrogens is 305 g/mol. The molecule has 1 aromatic carbocycles. The number of hydrogen-bond donors (Lipinski definition) is 1. The molecule has 3 heteroatoms. The predicted molar refractivity (Wildman–Crippen MR) is 84.0 cm³/mol. The van der Waals surface area contributed by atoms with Crippen LogP contribution >= 0.6 is 15.9 Å². The zero-order chi connectivity index (χ0) is 14.1. The average molecular weight is 330 g/mol. The molecule has 0 saturated heterocycles. The highest BCUT2D eigenvalue weighted by molar-refractivity contribution is 9.10. The van der Waals surface area contributed by atoms with Gasteiger partial charge in [0.2, 0.25) is 0 Å². The summed E-state index contributed by atoms with van der Waals surface area (Å²) in [7, 11) is 1.99. The third-order valence-corrected chi connectivity index (χ3v) is 3.93. The Hall–Kier alpha value is -0.410. The Morgan fingerprint density at radius 3 is 2.53 bits per heavy atom. The van der Waals surface area contributed by atoms with E-state index in [9.17, 15) is 4.39 Å². The number of rotatable bonds is 9. The number of benzene rings is 1. The van der Waals surface area contributed by atoms with Gasteiger partial charge < -0.3 is 5.32 Å². The second-order valence-electron chi connectivity index (χ2n) is 5.17. The SMILES string of the molecule is CCCCCCCC(Cc1cc(F)cc(Br)c1)NC. The van der Waals surface area contributed by atoms with Crippen molar-refractivity contribution in [2.24, 2.45) is 0 Å². The van der Waals surface area contributed by atoms with E-state index in [1.165, 1.54) is 38.2 Å². The van der Waals surface area contributed by atoms with E-state index in [1.807, 2.05) is 13.1 Å². The Morgan fingerprint density at radius 2 is 1.89 bits per heavy atom. The van der Waals surface area contributed by atoms with Crippen molar-refractivity contribution in [3.05, 3.63) is 34.1 Å². The van der Waals surface area contributed by atoms with Gasteiger partial charge in [0.1, 0.15) is 5.82 Å². The maximum Gasteiger partial charge on any atom is 0.124 e. The van der Waals surface area contributed by atoms with Gasteiger partial charge in [0.05, 0.1) is 0 Å². The van der Waals surface area contributed by atoms with Gasteiger partial charge in [-0.25, -0.2) is 4.39 Å². The number of likely N-dealkylation sites (N-methyl/N-ethyl adjacent to an activating group) is 1. The fourth-order valence-corrected chi connectivity index (χ4v) is 2.87. The molecule has 0 heterocycles. The Labute approximate surface area is 125 Å². The van der Waals surface area contributed by atoms with Gasteiger partial charge in [-0.2, -0.15) is 0 Å². The van der Waals surface area contributed by atoms with Crippen LogP contribution in [0.15, 0.2) is 22.7 Å². The lowest BCUT2D eigenvalue weighted by Crippen LogP contribution is -2.27. The van der Waals surface area contributed by atoms with Gasteiger partial charge in [-0.1, -0.05) is 55.0 Å². The Balaban J connectivity index is 2.38. The molecule has 19 heavy (non-hydrogen) atoms. The number of halogens is 2. The van der Waals surface area contributed by atoms with Crippen LogP contribution < -0.4 is 5.32 Å². The lowest BCUT2D eigenvalue weighted by Gasteiger charge is -2.16. The summed E-state index contributed by atoms with van der Waals surface area (Å²) in [5, 5.41) is 3.34. The largest absolute Gasteiger partial charge is 0.317 e.